The van der Waals surface area contributed by atoms with E-state index in [1.54, 1.807) is 0 Å². The number of rotatable bonds is 5. The predicted molar refractivity (Wildman–Crippen MR) is 227 cm³/mol. The van der Waals surface area contributed by atoms with Crippen molar-refractivity contribution in [3.8, 4) is 45.5 Å². The van der Waals surface area contributed by atoms with Gasteiger partial charge in [-0.25, -0.2) is 15.0 Å². The summed E-state index contributed by atoms with van der Waals surface area (Å²) >= 11 is 0. The second-order valence-electron chi connectivity index (χ2n) is 14.2. The number of nitrogens with zero attached hydrogens (tertiary/aromatic N) is 5. The third-order valence-corrected chi connectivity index (χ3v) is 10.8. The summed E-state index contributed by atoms with van der Waals surface area (Å²) in [5.41, 5.74) is 11.0. The molecule has 0 saturated heterocycles. The maximum atomic E-state index is 5.08. The number of aryl methyl sites for hydroxylation is 1. The molecule has 0 radical (unpaired) electrons. The van der Waals surface area contributed by atoms with E-state index in [1.807, 2.05) is 30.3 Å². The van der Waals surface area contributed by atoms with Crippen LogP contribution >= 0.6 is 0 Å². The van der Waals surface area contributed by atoms with Gasteiger partial charge in [-0.3, -0.25) is 0 Å². The summed E-state index contributed by atoms with van der Waals surface area (Å²) in [6, 6.07) is 64.5. The zero-order chi connectivity index (χ0) is 36.5. The lowest BCUT2D eigenvalue weighted by Crippen LogP contribution is -2.01. The molecule has 258 valence electrons. The Hall–Kier alpha value is -7.37. The molecule has 0 aliphatic heterocycles. The maximum Gasteiger partial charge on any atom is 0.164 e. The number of fused-ring (bicyclic) bond motifs is 7. The van der Waals surface area contributed by atoms with Crippen molar-refractivity contribution in [2.75, 3.05) is 0 Å². The molecule has 5 nitrogen and oxygen atoms in total. The molecule has 3 heterocycles. The molecule has 3 aromatic heterocycles. The second kappa shape index (κ2) is 12.4. The van der Waals surface area contributed by atoms with Gasteiger partial charge in [-0.05, 0) is 66.2 Å². The number of hydrogen-bond acceptors (Lipinski definition) is 3. The van der Waals surface area contributed by atoms with E-state index in [4.69, 9.17) is 15.0 Å². The first-order valence-electron chi connectivity index (χ1n) is 18.6. The number of benzene rings is 8. The highest BCUT2D eigenvalue weighted by atomic mass is 15.0. The summed E-state index contributed by atoms with van der Waals surface area (Å²) < 4.78 is 4.80. The normalized spacial score (nSPS) is 11.7. The van der Waals surface area contributed by atoms with E-state index < -0.39 is 0 Å². The molecule has 0 spiro atoms. The SMILES string of the molecule is Cc1ccc(-c2nc(-c3ccccc3)nc(-c3cccc4cc(-n5c6ccccc6c6cc7c8ccccc8n(-c8ccccc8)c7cc65)ccc34)n2)cc1. The Morgan fingerprint density at radius 3 is 1.58 bits per heavy atom. The van der Waals surface area contributed by atoms with Crippen molar-refractivity contribution in [1.82, 2.24) is 24.1 Å². The highest BCUT2D eigenvalue weighted by Crippen LogP contribution is 2.40. The van der Waals surface area contributed by atoms with Crippen LogP contribution in [0.4, 0.5) is 0 Å². The molecule has 8 aromatic carbocycles. The fourth-order valence-electron chi connectivity index (χ4n) is 8.21. The van der Waals surface area contributed by atoms with E-state index in [0.29, 0.717) is 17.5 Å². The minimum atomic E-state index is 0.649. The maximum absolute atomic E-state index is 5.08. The molecule has 0 bridgehead atoms. The van der Waals surface area contributed by atoms with Gasteiger partial charge in [-0.1, -0.05) is 139 Å². The topological polar surface area (TPSA) is 48.5 Å². The Kier molecular flexibility index (Phi) is 7.01. The molecule has 11 rings (SSSR count). The van der Waals surface area contributed by atoms with Gasteiger partial charge in [0.05, 0.1) is 22.1 Å². The predicted octanol–water partition coefficient (Wildman–Crippen LogP) is 12.5. The molecule has 5 heteroatoms. The van der Waals surface area contributed by atoms with E-state index in [2.05, 4.69) is 168 Å². The summed E-state index contributed by atoms with van der Waals surface area (Å²) in [4.78, 5) is 15.1. The van der Waals surface area contributed by atoms with Gasteiger partial charge in [-0.2, -0.15) is 0 Å². The van der Waals surface area contributed by atoms with Crippen molar-refractivity contribution in [3.63, 3.8) is 0 Å². The van der Waals surface area contributed by atoms with Crippen molar-refractivity contribution < 1.29 is 0 Å². The molecule has 0 unspecified atom stereocenters. The first-order chi connectivity index (χ1) is 27.2. The quantitative estimate of drug-likeness (QED) is 0.179. The Balaban J connectivity index is 1.12. The first kappa shape index (κ1) is 31.2. The fourth-order valence-corrected chi connectivity index (χ4v) is 8.21. The Labute approximate surface area is 317 Å². The lowest BCUT2D eigenvalue weighted by molar-refractivity contribution is 1.08. The second-order valence-corrected chi connectivity index (χ2v) is 14.2. The minimum absolute atomic E-state index is 0.649. The van der Waals surface area contributed by atoms with Crippen LogP contribution in [0.25, 0.3) is 99.9 Å². The monoisotopic (exact) mass is 703 g/mol. The highest BCUT2D eigenvalue weighted by Gasteiger charge is 2.19. The lowest BCUT2D eigenvalue weighted by Gasteiger charge is -2.13. The Morgan fingerprint density at radius 2 is 0.909 bits per heavy atom. The molecule has 0 fully saturated rings. The van der Waals surface area contributed by atoms with Gasteiger partial charge < -0.3 is 9.13 Å². The molecule has 0 aliphatic carbocycles. The van der Waals surface area contributed by atoms with Crippen molar-refractivity contribution in [2.45, 2.75) is 6.92 Å². The van der Waals surface area contributed by atoms with Gasteiger partial charge in [0.2, 0.25) is 0 Å². The van der Waals surface area contributed by atoms with Crippen LogP contribution in [0.1, 0.15) is 5.56 Å². The summed E-state index contributed by atoms with van der Waals surface area (Å²) in [6.07, 6.45) is 0. The molecular formula is C50H33N5. The van der Waals surface area contributed by atoms with Gasteiger partial charge in [0.25, 0.3) is 0 Å². The van der Waals surface area contributed by atoms with Gasteiger partial charge in [0.1, 0.15) is 0 Å². The van der Waals surface area contributed by atoms with Crippen LogP contribution in [-0.4, -0.2) is 24.1 Å². The van der Waals surface area contributed by atoms with Gasteiger partial charge in [0.15, 0.2) is 17.5 Å². The zero-order valence-electron chi connectivity index (χ0n) is 30.1. The van der Waals surface area contributed by atoms with E-state index in [-0.39, 0.29) is 0 Å². The van der Waals surface area contributed by atoms with Crippen molar-refractivity contribution in [1.29, 1.82) is 0 Å². The number of hydrogen-bond donors (Lipinski definition) is 0. The molecular weight excluding hydrogens is 671 g/mol. The van der Waals surface area contributed by atoms with Crippen molar-refractivity contribution in [3.05, 3.63) is 188 Å². The first-order valence-corrected chi connectivity index (χ1v) is 18.6. The number of para-hydroxylation sites is 3. The Bertz CT molecular complexity index is 3250. The van der Waals surface area contributed by atoms with Crippen LogP contribution in [0.15, 0.2) is 182 Å². The summed E-state index contributed by atoms with van der Waals surface area (Å²) in [6.45, 7) is 2.09. The molecule has 0 N–H and O–H groups in total. The number of aromatic nitrogens is 5. The molecule has 0 amide bonds. The minimum Gasteiger partial charge on any atom is -0.309 e. The highest BCUT2D eigenvalue weighted by molar-refractivity contribution is 6.19. The van der Waals surface area contributed by atoms with E-state index in [0.717, 1.165) is 44.4 Å². The molecule has 0 aliphatic rings. The van der Waals surface area contributed by atoms with Crippen LogP contribution in [-0.2, 0) is 0 Å². The van der Waals surface area contributed by atoms with E-state index in [1.165, 1.54) is 43.7 Å². The van der Waals surface area contributed by atoms with Gasteiger partial charge in [-0.15, -0.1) is 0 Å². The van der Waals surface area contributed by atoms with Crippen LogP contribution in [0.3, 0.4) is 0 Å². The average molecular weight is 704 g/mol. The van der Waals surface area contributed by atoms with Crippen LogP contribution in [0, 0.1) is 6.92 Å². The van der Waals surface area contributed by atoms with E-state index >= 15 is 0 Å². The zero-order valence-corrected chi connectivity index (χ0v) is 30.1. The standard InChI is InChI=1S/C50H33N5/c1-32-23-25-34(26-24-32)49-51-48(33-13-4-2-5-14-33)52-50(53-49)41-20-12-15-35-29-37(27-28-38(35)41)55-45-22-11-9-19-40(45)43-30-42-39-18-8-10-21-44(39)54(46(42)31-47(43)55)36-16-6-3-7-17-36/h2-31H,1H3. The summed E-state index contributed by atoms with van der Waals surface area (Å²) in [5, 5.41) is 7.15. The van der Waals surface area contributed by atoms with E-state index in [9.17, 15) is 0 Å². The van der Waals surface area contributed by atoms with Crippen LogP contribution < -0.4 is 0 Å². The van der Waals surface area contributed by atoms with Crippen LogP contribution in [0.5, 0.6) is 0 Å². The molecule has 11 aromatic rings. The fraction of sp³-hybridized carbons (Fsp3) is 0.0200. The van der Waals surface area contributed by atoms with Gasteiger partial charge in [0, 0.05) is 49.6 Å². The smallest absolute Gasteiger partial charge is 0.164 e. The summed E-state index contributed by atoms with van der Waals surface area (Å²) in [5.74, 6) is 1.96. The van der Waals surface area contributed by atoms with Crippen LogP contribution in [0.2, 0.25) is 0 Å². The lowest BCUT2D eigenvalue weighted by atomic mass is 10.0. The summed E-state index contributed by atoms with van der Waals surface area (Å²) in [7, 11) is 0. The molecule has 55 heavy (non-hydrogen) atoms. The molecule has 0 saturated carbocycles. The largest absolute Gasteiger partial charge is 0.309 e. The third kappa shape index (κ3) is 5.05. The average Bonchev–Trinajstić information content (AvgIpc) is 3.75. The van der Waals surface area contributed by atoms with Crippen molar-refractivity contribution in [2.24, 2.45) is 0 Å². The third-order valence-electron chi connectivity index (χ3n) is 10.8. The Morgan fingerprint density at radius 1 is 0.345 bits per heavy atom. The molecule has 0 atom stereocenters. The van der Waals surface area contributed by atoms with Gasteiger partial charge >= 0.3 is 0 Å². The van der Waals surface area contributed by atoms with Crippen molar-refractivity contribution >= 4 is 54.4 Å².